The number of anilines is 1. The van der Waals surface area contributed by atoms with Gasteiger partial charge in [0, 0.05) is 6.20 Å². The summed E-state index contributed by atoms with van der Waals surface area (Å²) < 4.78 is 4.81. The Labute approximate surface area is 97.0 Å². The molecular formula is C6H10ClN3O2S2. The van der Waals surface area contributed by atoms with E-state index in [4.69, 9.17) is 27.4 Å². The molecular weight excluding hydrogens is 246 g/mol. The average Bonchev–Trinajstić information content (AvgIpc) is 2.20. The highest BCUT2D eigenvalue weighted by atomic mass is 35.5. The van der Waals surface area contributed by atoms with Crippen LogP contribution in [0.25, 0.3) is 0 Å². The van der Waals surface area contributed by atoms with Crippen LogP contribution in [0.1, 0.15) is 0 Å². The molecule has 1 heterocycles. The van der Waals surface area contributed by atoms with Crippen LogP contribution >= 0.6 is 34.9 Å². The van der Waals surface area contributed by atoms with Crippen molar-refractivity contribution >= 4 is 40.6 Å². The van der Waals surface area contributed by atoms with Crippen LogP contribution in [0, 0.1) is 0 Å². The van der Waals surface area contributed by atoms with Crippen molar-refractivity contribution in [3.05, 3.63) is 17.3 Å². The summed E-state index contributed by atoms with van der Waals surface area (Å²) in [5, 5.41) is 9.66. The van der Waals surface area contributed by atoms with Crippen LogP contribution in [-0.2, 0) is 0 Å². The fourth-order valence-corrected chi connectivity index (χ4v) is 0.890. The van der Waals surface area contributed by atoms with Crippen molar-refractivity contribution in [2.45, 2.75) is 0 Å². The summed E-state index contributed by atoms with van der Waals surface area (Å²) in [5.74, 6) is 5.28. The van der Waals surface area contributed by atoms with Gasteiger partial charge in [0.25, 0.3) is 0 Å². The molecule has 0 saturated heterocycles. The first-order valence-corrected chi connectivity index (χ1v) is 5.26. The summed E-state index contributed by atoms with van der Waals surface area (Å²) in [6.07, 6.45) is 1.40. The van der Waals surface area contributed by atoms with Crippen LogP contribution in [0.4, 0.5) is 5.69 Å². The van der Waals surface area contributed by atoms with Gasteiger partial charge in [0.05, 0.1) is 12.1 Å². The molecule has 1 aromatic heterocycles. The highest BCUT2D eigenvalue weighted by molar-refractivity contribution is 8.59. The standard InChI is InChI=1S/C6H8ClN3O2.H2S2/c1-12-6-5(10(8)11)2-4(7)3-9-6;1-2/h2-3,11H,8H2,1H3;1-2H. The zero-order chi connectivity index (χ0) is 11.1. The third-order valence-corrected chi connectivity index (χ3v) is 1.45. The molecule has 0 spiro atoms. The summed E-state index contributed by atoms with van der Waals surface area (Å²) in [7, 11) is 1.42. The summed E-state index contributed by atoms with van der Waals surface area (Å²) >= 11 is 12.1. The van der Waals surface area contributed by atoms with E-state index in [9.17, 15) is 0 Å². The lowest BCUT2D eigenvalue weighted by atomic mass is 10.4. The molecule has 14 heavy (non-hydrogen) atoms. The number of methoxy groups -OCH3 is 1. The number of ether oxygens (including phenoxy) is 1. The van der Waals surface area contributed by atoms with Crippen LogP contribution < -0.4 is 15.8 Å². The molecule has 5 nitrogen and oxygen atoms in total. The Morgan fingerprint density at radius 1 is 1.64 bits per heavy atom. The van der Waals surface area contributed by atoms with Crippen molar-refractivity contribution < 1.29 is 9.94 Å². The minimum absolute atomic E-state index is 0.212. The summed E-state index contributed by atoms with van der Waals surface area (Å²) in [6, 6.07) is 1.44. The number of thiol groups is 2. The maximum absolute atomic E-state index is 8.89. The monoisotopic (exact) mass is 255 g/mol. The second-order valence-corrected chi connectivity index (χ2v) is 2.46. The van der Waals surface area contributed by atoms with Gasteiger partial charge in [-0.1, -0.05) is 11.6 Å². The van der Waals surface area contributed by atoms with Gasteiger partial charge in [-0.15, -0.1) is 23.3 Å². The topological polar surface area (TPSA) is 71.6 Å². The quantitative estimate of drug-likeness (QED) is 0.280. The molecule has 1 rings (SSSR count). The summed E-state index contributed by atoms with van der Waals surface area (Å²) in [6.45, 7) is 0. The lowest BCUT2D eigenvalue weighted by Crippen LogP contribution is -2.26. The first-order chi connectivity index (χ1) is 6.65. The van der Waals surface area contributed by atoms with Crippen LogP contribution in [-0.4, -0.2) is 17.3 Å². The number of hydrogen-bond donors (Lipinski definition) is 4. The second kappa shape index (κ2) is 7.02. The number of pyridine rings is 1. The molecule has 0 aromatic carbocycles. The molecule has 0 fully saturated rings. The minimum atomic E-state index is 0.212. The van der Waals surface area contributed by atoms with E-state index in [2.05, 4.69) is 28.3 Å². The van der Waals surface area contributed by atoms with Crippen LogP contribution in [0.3, 0.4) is 0 Å². The average molecular weight is 256 g/mol. The molecule has 0 bridgehead atoms. The largest absolute Gasteiger partial charge is 0.479 e. The summed E-state index contributed by atoms with van der Waals surface area (Å²) in [4.78, 5) is 3.78. The van der Waals surface area contributed by atoms with Crippen molar-refractivity contribution in [3.63, 3.8) is 0 Å². The van der Waals surface area contributed by atoms with E-state index in [0.717, 1.165) is 0 Å². The molecule has 80 valence electrons. The molecule has 0 aliphatic rings. The van der Waals surface area contributed by atoms with Gasteiger partial charge in [-0.25, -0.2) is 10.8 Å². The number of nitrogens with zero attached hydrogens (tertiary/aromatic N) is 2. The van der Waals surface area contributed by atoms with Gasteiger partial charge in [0.15, 0.2) is 0 Å². The molecule has 0 aliphatic carbocycles. The Bertz CT molecular complexity index is 288. The van der Waals surface area contributed by atoms with Gasteiger partial charge in [0.1, 0.15) is 5.69 Å². The van der Waals surface area contributed by atoms with E-state index in [1.54, 1.807) is 0 Å². The highest BCUT2D eigenvalue weighted by Gasteiger charge is 2.08. The van der Waals surface area contributed by atoms with Gasteiger partial charge >= 0.3 is 0 Å². The molecule has 0 aliphatic heterocycles. The molecule has 0 amide bonds. The number of nitrogens with two attached hydrogens (primary N) is 1. The Morgan fingerprint density at radius 3 is 2.64 bits per heavy atom. The van der Waals surface area contributed by atoms with Crippen LogP contribution in [0.15, 0.2) is 12.3 Å². The van der Waals surface area contributed by atoms with Crippen molar-refractivity contribution in [3.8, 4) is 5.88 Å². The number of hydrazine groups is 1. The van der Waals surface area contributed by atoms with E-state index in [-0.39, 0.29) is 11.6 Å². The van der Waals surface area contributed by atoms with E-state index in [0.29, 0.717) is 10.2 Å². The number of halogens is 1. The molecule has 3 N–H and O–H groups in total. The number of hydrogen-bond acceptors (Lipinski definition) is 7. The maximum atomic E-state index is 8.89. The molecule has 0 radical (unpaired) electrons. The van der Waals surface area contributed by atoms with Gasteiger partial charge in [-0.05, 0) is 6.07 Å². The zero-order valence-electron chi connectivity index (χ0n) is 7.25. The van der Waals surface area contributed by atoms with Crippen LogP contribution in [0.2, 0.25) is 5.02 Å². The SMILES string of the molecule is COc1ncc(Cl)cc1N(N)O.SS. The summed E-state index contributed by atoms with van der Waals surface area (Å²) in [5.41, 5.74) is 0.213. The molecule has 8 heteroatoms. The molecule has 1 aromatic rings. The second-order valence-electron chi connectivity index (χ2n) is 2.03. The lowest BCUT2D eigenvalue weighted by molar-refractivity contribution is 0.252. The van der Waals surface area contributed by atoms with Crippen molar-refractivity contribution in [2.75, 3.05) is 12.3 Å². The first-order valence-electron chi connectivity index (χ1n) is 3.28. The van der Waals surface area contributed by atoms with Crippen molar-refractivity contribution in [2.24, 2.45) is 5.84 Å². The zero-order valence-corrected chi connectivity index (χ0v) is 9.80. The first kappa shape index (κ1) is 13.7. The lowest BCUT2D eigenvalue weighted by Gasteiger charge is -2.12. The fourth-order valence-electron chi connectivity index (χ4n) is 0.737. The molecule has 0 atom stereocenters. The highest BCUT2D eigenvalue weighted by Crippen LogP contribution is 2.25. The van der Waals surface area contributed by atoms with E-state index in [1.165, 1.54) is 19.4 Å². The minimum Gasteiger partial charge on any atom is -0.479 e. The van der Waals surface area contributed by atoms with E-state index >= 15 is 0 Å². The van der Waals surface area contributed by atoms with E-state index in [1.807, 2.05) is 0 Å². The molecule has 0 unspecified atom stereocenters. The third-order valence-electron chi connectivity index (χ3n) is 1.24. The number of rotatable bonds is 2. The Hall–Kier alpha value is -0.340. The number of aromatic nitrogens is 1. The van der Waals surface area contributed by atoms with Crippen LogP contribution in [0.5, 0.6) is 5.88 Å². The predicted molar refractivity (Wildman–Crippen MR) is 62.2 cm³/mol. The Kier molecular flexibility index (Phi) is 6.85. The Balaban J connectivity index is 0.000000791. The Morgan fingerprint density at radius 2 is 2.21 bits per heavy atom. The van der Waals surface area contributed by atoms with Gasteiger partial charge < -0.3 is 4.74 Å². The van der Waals surface area contributed by atoms with Crippen molar-refractivity contribution in [1.82, 2.24) is 4.98 Å². The fraction of sp³-hybridized carbons (Fsp3) is 0.167. The smallest absolute Gasteiger partial charge is 0.241 e. The predicted octanol–water partition coefficient (Wildman–Crippen LogP) is 1.57. The van der Waals surface area contributed by atoms with E-state index < -0.39 is 0 Å². The maximum Gasteiger partial charge on any atom is 0.241 e. The third kappa shape index (κ3) is 3.81. The van der Waals surface area contributed by atoms with Gasteiger partial charge in [-0.3, -0.25) is 5.21 Å². The normalized spacial score (nSPS) is 8.71. The van der Waals surface area contributed by atoms with Gasteiger partial charge in [0.2, 0.25) is 5.88 Å². The van der Waals surface area contributed by atoms with Gasteiger partial charge in [-0.2, -0.15) is 5.17 Å². The molecule has 0 saturated carbocycles. The van der Waals surface area contributed by atoms with Crippen molar-refractivity contribution in [1.29, 1.82) is 0 Å².